The van der Waals surface area contributed by atoms with Crippen molar-refractivity contribution in [2.24, 2.45) is 5.92 Å². The van der Waals surface area contributed by atoms with Gasteiger partial charge in [0.2, 0.25) is 7.37 Å². The van der Waals surface area contributed by atoms with Gasteiger partial charge in [0.1, 0.15) is 5.60 Å². The molecule has 2 heterocycles. The molecule has 1 aliphatic carbocycles. The van der Waals surface area contributed by atoms with Crippen LogP contribution in [0.1, 0.15) is 64.7 Å². The zero-order chi connectivity index (χ0) is 22.8. The zero-order valence-electron chi connectivity index (χ0n) is 20.6. The van der Waals surface area contributed by atoms with Gasteiger partial charge in [0.15, 0.2) is 0 Å². The van der Waals surface area contributed by atoms with Crippen molar-refractivity contribution in [2.75, 3.05) is 37.7 Å². The fourth-order valence-corrected chi connectivity index (χ4v) is 6.27. The number of ether oxygens (including phenoxy) is 1. The molecule has 1 spiro atoms. The smallest absolute Gasteiger partial charge is 0.441 e. The SMILES string of the molecule is C[C-]1CCCCCCC(CN2CCC3(CC2)CN(c2ccc(P(C)(=O)O)cc2)C(=O)O3)C1.[Rb+]. The number of rotatable bonds is 4. The van der Waals surface area contributed by atoms with Crippen molar-refractivity contribution in [2.45, 2.75) is 70.3 Å². The Morgan fingerprint density at radius 3 is 2.48 bits per heavy atom. The van der Waals surface area contributed by atoms with E-state index in [4.69, 9.17) is 4.74 Å². The standard InChI is InChI=1S/C25H38N2O4P.Rb/c1-20-7-5-3-4-6-8-21(17-20)18-26-15-13-25(14-16-26)19-27(24(28)31-25)22-9-11-23(12-10-22)32(2,29)30;/h9-12,21H,3-8,13-19H2,1-2H3,(H,29,30);/q-1;+1. The summed E-state index contributed by atoms with van der Waals surface area (Å²) in [5, 5.41) is 0.397. The molecule has 1 amide bonds. The molecule has 2 aliphatic heterocycles. The molecule has 0 bridgehead atoms. The van der Waals surface area contributed by atoms with Crippen molar-refractivity contribution < 1.29 is 77.2 Å². The molecule has 4 rings (SSSR count). The second-order valence-corrected chi connectivity index (χ2v) is 12.6. The Labute approximate surface area is 248 Å². The van der Waals surface area contributed by atoms with Gasteiger partial charge < -0.3 is 20.4 Å². The van der Waals surface area contributed by atoms with E-state index in [0.29, 0.717) is 11.8 Å². The number of anilines is 1. The summed E-state index contributed by atoms with van der Waals surface area (Å²) in [5.41, 5.74) is 0.312. The first-order valence-electron chi connectivity index (χ1n) is 12.2. The van der Waals surface area contributed by atoms with Crippen LogP contribution in [-0.4, -0.2) is 54.3 Å². The summed E-state index contributed by atoms with van der Waals surface area (Å²) in [6.07, 6.45) is 10.8. The van der Waals surface area contributed by atoms with Crippen LogP contribution in [0.2, 0.25) is 0 Å². The largest absolute Gasteiger partial charge is 1.00 e. The Bertz CT molecular complexity index is 835. The maximum Gasteiger partial charge on any atom is 1.00 e. The molecular formula is C25H38N2O4PRb. The summed E-state index contributed by atoms with van der Waals surface area (Å²) >= 11 is 0. The first-order chi connectivity index (χ1) is 15.2. The third-order valence-corrected chi connectivity index (χ3v) is 8.75. The Morgan fingerprint density at radius 2 is 1.82 bits per heavy atom. The molecule has 0 radical (unpaired) electrons. The fraction of sp³-hybridized carbons (Fsp3) is 0.680. The summed E-state index contributed by atoms with van der Waals surface area (Å²) < 4.78 is 17.8. The number of piperidine rings is 1. The molecule has 2 saturated heterocycles. The summed E-state index contributed by atoms with van der Waals surface area (Å²) in [7, 11) is -3.29. The van der Waals surface area contributed by atoms with Crippen LogP contribution >= 0.6 is 7.37 Å². The van der Waals surface area contributed by atoms with E-state index in [-0.39, 0.29) is 64.3 Å². The van der Waals surface area contributed by atoms with Gasteiger partial charge in [-0.15, -0.1) is 0 Å². The fourth-order valence-electron chi connectivity index (χ4n) is 5.57. The van der Waals surface area contributed by atoms with Gasteiger partial charge in [-0.3, -0.25) is 9.46 Å². The molecular weight excluding hydrogens is 509 g/mol. The number of hydrogen-bond donors (Lipinski definition) is 1. The molecule has 1 aromatic carbocycles. The van der Waals surface area contributed by atoms with Crippen LogP contribution in [0.25, 0.3) is 0 Å². The van der Waals surface area contributed by atoms with Gasteiger partial charge in [-0.05, 0) is 30.8 Å². The quantitative estimate of drug-likeness (QED) is 0.462. The minimum absolute atomic E-state index is 0. The molecule has 3 fully saturated rings. The van der Waals surface area contributed by atoms with Crippen LogP contribution in [0.4, 0.5) is 10.5 Å². The number of hydrogen-bond acceptors (Lipinski definition) is 4. The summed E-state index contributed by atoms with van der Waals surface area (Å²) in [6, 6.07) is 6.75. The third-order valence-electron chi connectivity index (χ3n) is 7.50. The van der Waals surface area contributed by atoms with Crippen molar-refractivity contribution in [3.05, 3.63) is 30.2 Å². The molecule has 33 heavy (non-hydrogen) atoms. The van der Waals surface area contributed by atoms with Gasteiger partial charge in [-0.1, -0.05) is 38.0 Å². The summed E-state index contributed by atoms with van der Waals surface area (Å²) in [5.74, 6) is 2.42. The number of likely N-dealkylation sites (tertiary alicyclic amines) is 1. The predicted molar refractivity (Wildman–Crippen MR) is 129 cm³/mol. The van der Waals surface area contributed by atoms with Gasteiger partial charge in [-0.25, -0.2) is 4.79 Å². The number of amides is 1. The average molecular weight is 547 g/mol. The normalized spacial score (nSPS) is 26.6. The van der Waals surface area contributed by atoms with Crippen molar-refractivity contribution >= 4 is 24.5 Å². The van der Waals surface area contributed by atoms with Crippen LogP contribution in [0.15, 0.2) is 24.3 Å². The van der Waals surface area contributed by atoms with Crippen molar-refractivity contribution in [1.29, 1.82) is 0 Å². The first-order valence-corrected chi connectivity index (χ1v) is 14.3. The third kappa shape index (κ3) is 7.47. The molecule has 1 N–H and O–H groups in total. The topological polar surface area (TPSA) is 70.1 Å². The summed E-state index contributed by atoms with van der Waals surface area (Å²) in [6.45, 7) is 7.32. The van der Waals surface area contributed by atoms with Gasteiger partial charge in [0.05, 0.1) is 6.54 Å². The van der Waals surface area contributed by atoms with Crippen LogP contribution < -0.4 is 68.4 Å². The Hall–Kier alpha value is 0.445. The minimum atomic E-state index is -3.29. The van der Waals surface area contributed by atoms with Crippen LogP contribution in [-0.2, 0) is 9.30 Å². The molecule has 1 aromatic rings. The molecule has 3 aliphatic rings. The van der Waals surface area contributed by atoms with Crippen LogP contribution in [0.3, 0.4) is 0 Å². The minimum Gasteiger partial charge on any atom is -0.441 e. The van der Waals surface area contributed by atoms with E-state index in [1.54, 1.807) is 35.1 Å². The van der Waals surface area contributed by atoms with E-state index in [9.17, 15) is 14.3 Å². The van der Waals surface area contributed by atoms with Crippen molar-refractivity contribution in [1.82, 2.24) is 4.90 Å². The number of benzene rings is 1. The second kappa shape index (κ2) is 12.1. The Kier molecular flexibility index (Phi) is 10.3. The summed E-state index contributed by atoms with van der Waals surface area (Å²) in [4.78, 5) is 26.6. The van der Waals surface area contributed by atoms with Crippen molar-refractivity contribution in [3.63, 3.8) is 0 Å². The molecule has 2 atom stereocenters. The molecule has 2 unspecified atom stereocenters. The molecule has 1 saturated carbocycles. The molecule has 0 aromatic heterocycles. The van der Waals surface area contributed by atoms with Gasteiger partial charge >= 0.3 is 64.3 Å². The van der Waals surface area contributed by atoms with Crippen LogP contribution in [0.5, 0.6) is 0 Å². The van der Waals surface area contributed by atoms with E-state index < -0.39 is 13.0 Å². The van der Waals surface area contributed by atoms with E-state index >= 15 is 0 Å². The van der Waals surface area contributed by atoms with Gasteiger partial charge in [0.25, 0.3) is 0 Å². The average Bonchev–Trinajstić information content (AvgIpc) is 3.11. The van der Waals surface area contributed by atoms with Crippen LogP contribution in [0, 0.1) is 11.8 Å². The second-order valence-electron chi connectivity index (χ2n) is 10.3. The molecule has 178 valence electrons. The first kappa shape index (κ1) is 28.0. The molecule has 8 heteroatoms. The van der Waals surface area contributed by atoms with E-state index in [1.807, 2.05) is 0 Å². The van der Waals surface area contributed by atoms with Gasteiger partial charge in [-0.2, -0.15) is 19.8 Å². The van der Waals surface area contributed by atoms with E-state index in [0.717, 1.165) is 44.1 Å². The van der Waals surface area contributed by atoms with Crippen molar-refractivity contribution in [3.8, 4) is 0 Å². The maximum absolute atomic E-state index is 12.7. The Balaban J connectivity index is 0.00000306. The zero-order valence-corrected chi connectivity index (χ0v) is 26.4. The Morgan fingerprint density at radius 1 is 1.15 bits per heavy atom. The monoisotopic (exact) mass is 546 g/mol. The van der Waals surface area contributed by atoms with E-state index in [1.165, 1.54) is 51.6 Å². The predicted octanol–water partition coefficient (Wildman–Crippen LogP) is 1.96. The number of carbonyl (C=O) groups excluding carboxylic acids is 1. The molecule has 6 nitrogen and oxygen atoms in total. The van der Waals surface area contributed by atoms with E-state index in [2.05, 4.69) is 11.8 Å². The number of nitrogens with zero attached hydrogens (tertiary/aromatic N) is 2. The number of carbonyl (C=O) groups is 1. The maximum atomic E-state index is 12.7. The van der Waals surface area contributed by atoms with Gasteiger partial charge in [0, 0.05) is 43.6 Å².